The smallest absolute Gasteiger partial charge is 0.221 e. The predicted octanol–water partition coefficient (Wildman–Crippen LogP) is 2.82. The highest BCUT2D eigenvalue weighted by molar-refractivity contribution is 5.85. The molecule has 2 aromatic carbocycles. The summed E-state index contributed by atoms with van der Waals surface area (Å²) in [6, 6.07) is 13.9. The number of amides is 1. The van der Waals surface area contributed by atoms with Gasteiger partial charge >= 0.3 is 0 Å². The molecule has 5 nitrogen and oxygen atoms in total. The summed E-state index contributed by atoms with van der Waals surface area (Å²) in [5, 5.41) is 6.17. The third-order valence-electron chi connectivity index (χ3n) is 4.14. The lowest BCUT2D eigenvalue weighted by Crippen LogP contribution is -2.44. The van der Waals surface area contributed by atoms with Crippen LogP contribution < -0.4 is 15.4 Å². The molecule has 0 saturated carbocycles. The molecule has 0 radical (unpaired) electrons. The number of benzene rings is 2. The van der Waals surface area contributed by atoms with Gasteiger partial charge in [-0.1, -0.05) is 24.3 Å². The van der Waals surface area contributed by atoms with Crippen molar-refractivity contribution >= 4 is 18.3 Å². The minimum Gasteiger partial charge on any atom is -0.489 e. The number of hydrogen-bond donors (Lipinski definition) is 2. The average Bonchev–Trinajstić information content (AvgIpc) is 2.66. The second-order valence-electron chi connectivity index (χ2n) is 6.27. The lowest BCUT2D eigenvalue weighted by Gasteiger charge is -2.23. The SMILES string of the molecule is Cl.O=C(CC1COCCN1)NCc1ccc(OCc2cccc(F)c2)cc1. The summed E-state index contributed by atoms with van der Waals surface area (Å²) in [6.07, 6.45) is 0.412. The molecule has 27 heavy (non-hydrogen) atoms. The molecule has 1 heterocycles. The van der Waals surface area contributed by atoms with Crippen molar-refractivity contribution in [1.82, 2.24) is 10.6 Å². The molecule has 1 aliphatic heterocycles. The maximum atomic E-state index is 13.1. The number of carbonyl (C=O) groups excluding carboxylic acids is 1. The molecule has 1 fully saturated rings. The summed E-state index contributed by atoms with van der Waals surface area (Å²) in [7, 11) is 0. The van der Waals surface area contributed by atoms with Gasteiger partial charge in [0, 0.05) is 25.6 Å². The van der Waals surface area contributed by atoms with Crippen LogP contribution in [0.15, 0.2) is 48.5 Å². The quantitative estimate of drug-likeness (QED) is 0.758. The zero-order valence-electron chi connectivity index (χ0n) is 14.9. The van der Waals surface area contributed by atoms with E-state index in [-0.39, 0.29) is 30.2 Å². The molecule has 3 rings (SSSR count). The Labute approximate surface area is 164 Å². The Balaban J connectivity index is 0.00000261. The lowest BCUT2D eigenvalue weighted by molar-refractivity contribution is -0.122. The van der Waals surface area contributed by atoms with Crippen LogP contribution in [0.4, 0.5) is 4.39 Å². The maximum Gasteiger partial charge on any atom is 0.221 e. The van der Waals surface area contributed by atoms with E-state index in [0.29, 0.717) is 38.5 Å². The number of ether oxygens (including phenoxy) is 2. The zero-order valence-corrected chi connectivity index (χ0v) is 15.8. The molecular formula is C20H24ClFN2O3. The van der Waals surface area contributed by atoms with Crippen molar-refractivity contribution in [2.75, 3.05) is 19.8 Å². The highest BCUT2D eigenvalue weighted by atomic mass is 35.5. The van der Waals surface area contributed by atoms with Crippen molar-refractivity contribution in [3.63, 3.8) is 0 Å². The zero-order chi connectivity index (χ0) is 18.2. The van der Waals surface area contributed by atoms with E-state index in [1.165, 1.54) is 12.1 Å². The first-order chi connectivity index (χ1) is 12.7. The van der Waals surface area contributed by atoms with Crippen molar-refractivity contribution in [1.29, 1.82) is 0 Å². The van der Waals surface area contributed by atoms with E-state index in [4.69, 9.17) is 9.47 Å². The van der Waals surface area contributed by atoms with Gasteiger partial charge in [-0.15, -0.1) is 12.4 Å². The monoisotopic (exact) mass is 394 g/mol. The Morgan fingerprint density at radius 2 is 2.04 bits per heavy atom. The van der Waals surface area contributed by atoms with Crippen molar-refractivity contribution in [2.45, 2.75) is 25.6 Å². The molecule has 0 aromatic heterocycles. The fourth-order valence-electron chi connectivity index (χ4n) is 2.74. The highest BCUT2D eigenvalue weighted by Crippen LogP contribution is 2.15. The van der Waals surface area contributed by atoms with Crippen molar-refractivity contribution in [3.8, 4) is 5.75 Å². The van der Waals surface area contributed by atoms with Crippen molar-refractivity contribution in [2.24, 2.45) is 0 Å². The van der Waals surface area contributed by atoms with Crippen LogP contribution in [0.25, 0.3) is 0 Å². The van der Waals surface area contributed by atoms with E-state index >= 15 is 0 Å². The standard InChI is InChI=1S/C20H23FN2O3.ClH/c21-17-3-1-2-16(10-17)13-26-19-6-4-15(5-7-19)12-23-20(24)11-18-14-25-9-8-22-18;/h1-7,10,18,22H,8-9,11-14H2,(H,23,24);1H. The molecular weight excluding hydrogens is 371 g/mol. The van der Waals surface area contributed by atoms with Gasteiger partial charge in [0.05, 0.1) is 13.2 Å². The van der Waals surface area contributed by atoms with E-state index in [2.05, 4.69) is 10.6 Å². The van der Waals surface area contributed by atoms with Gasteiger partial charge in [0.1, 0.15) is 18.2 Å². The first-order valence-electron chi connectivity index (χ1n) is 8.73. The molecule has 0 aliphatic carbocycles. The molecule has 1 atom stereocenters. The summed E-state index contributed by atoms with van der Waals surface area (Å²) in [5.74, 6) is 0.430. The van der Waals surface area contributed by atoms with Crippen molar-refractivity contribution < 1.29 is 18.7 Å². The molecule has 1 aliphatic rings. The van der Waals surface area contributed by atoms with Crippen LogP contribution in [0.2, 0.25) is 0 Å². The summed E-state index contributed by atoms with van der Waals surface area (Å²) in [5.41, 5.74) is 1.77. The first-order valence-corrected chi connectivity index (χ1v) is 8.73. The van der Waals surface area contributed by atoms with Gasteiger partial charge in [-0.05, 0) is 35.4 Å². The van der Waals surface area contributed by atoms with Gasteiger partial charge in [-0.2, -0.15) is 0 Å². The Bertz CT molecular complexity index is 721. The number of halogens is 2. The van der Waals surface area contributed by atoms with Gasteiger partial charge in [0.2, 0.25) is 5.91 Å². The molecule has 0 spiro atoms. The normalized spacial score (nSPS) is 16.3. The van der Waals surface area contributed by atoms with Gasteiger partial charge in [-0.25, -0.2) is 4.39 Å². The molecule has 2 N–H and O–H groups in total. The van der Waals surface area contributed by atoms with E-state index in [0.717, 1.165) is 17.7 Å². The van der Waals surface area contributed by atoms with Crippen LogP contribution in [0.5, 0.6) is 5.75 Å². The van der Waals surface area contributed by atoms with Crippen LogP contribution in [0, 0.1) is 5.82 Å². The molecule has 1 saturated heterocycles. The Hall–Kier alpha value is -2.15. The first kappa shape index (κ1) is 21.2. The van der Waals surface area contributed by atoms with Crippen molar-refractivity contribution in [3.05, 3.63) is 65.5 Å². The van der Waals surface area contributed by atoms with E-state index in [1.54, 1.807) is 6.07 Å². The molecule has 2 aromatic rings. The minimum absolute atomic E-state index is 0. The van der Waals surface area contributed by atoms with Crippen LogP contribution >= 0.6 is 12.4 Å². The number of morpholine rings is 1. The number of carbonyl (C=O) groups is 1. The van der Waals surface area contributed by atoms with Crippen LogP contribution in [0.3, 0.4) is 0 Å². The third kappa shape index (κ3) is 7.17. The predicted molar refractivity (Wildman–Crippen MR) is 103 cm³/mol. The molecule has 7 heteroatoms. The Kier molecular flexibility index (Phi) is 8.51. The fourth-order valence-corrected chi connectivity index (χ4v) is 2.74. The summed E-state index contributed by atoms with van der Waals surface area (Å²) < 4.78 is 24.1. The third-order valence-corrected chi connectivity index (χ3v) is 4.14. The van der Waals surface area contributed by atoms with Crippen LogP contribution in [-0.2, 0) is 22.7 Å². The maximum absolute atomic E-state index is 13.1. The molecule has 0 bridgehead atoms. The fraction of sp³-hybridized carbons (Fsp3) is 0.350. The lowest BCUT2D eigenvalue weighted by atomic mass is 10.1. The van der Waals surface area contributed by atoms with E-state index in [9.17, 15) is 9.18 Å². The molecule has 1 unspecified atom stereocenters. The number of rotatable bonds is 7. The molecule has 1 amide bonds. The summed E-state index contributed by atoms with van der Waals surface area (Å²) in [4.78, 5) is 12.0. The largest absolute Gasteiger partial charge is 0.489 e. The van der Waals surface area contributed by atoms with Gasteiger partial charge in [0.15, 0.2) is 0 Å². The summed E-state index contributed by atoms with van der Waals surface area (Å²) in [6.45, 7) is 2.84. The second-order valence-corrected chi connectivity index (χ2v) is 6.27. The van der Waals surface area contributed by atoms with Crippen LogP contribution in [-0.4, -0.2) is 31.7 Å². The summed E-state index contributed by atoms with van der Waals surface area (Å²) >= 11 is 0. The second kappa shape index (κ2) is 10.9. The van der Waals surface area contributed by atoms with E-state index in [1.807, 2.05) is 30.3 Å². The minimum atomic E-state index is -0.271. The van der Waals surface area contributed by atoms with E-state index < -0.39 is 0 Å². The van der Waals surface area contributed by atoms with Gasteiger partial charge in [0.25, 0.3) is 0 Å². The Morgan fingerprint density at radius 1 is 1.22 bits per heavy atom. The number of hydrogen-bond acceptors (Lipinski definition) is 4. The Morgan fingerprint density at radius 3 is 2.74 bits per heavy atom. The highest BCUT2D eigenvalue weighted by Gasteiger charge is 2.16. The van der Waals surface area contributed by atoms with Gasteiger partial charge in [-0.3, -0.25) is 4.79 Å². The topological polar surface area (TPSA) is 59.6 Å². The number of nitrogens with one attached hydrogen (secondary N) is 2. The van der Waals surface area contributed by atoms with Crippen LogP contribution in [0.1, 0.15) is 17.5 Å². The van der Waals surface area contributed by atoms with Gasteiger partial charge < -0.3 is 20.1 Å². The molecule has 146 valence electrons. The average molecular weight is 395 g/mol.